The average Bonchev–Trinajstić information content (AvgIpc) is 2.72. The van der Waals surface area contributed by atoms with Crippen molar-refractivity contribution < 1.29 is 13.9 Å². The summed E-state index contributed by atoms with van der Waals surface area (Å²) in [5.41, 5.74) is -0.139. The molecule has 2 heterocycles. The highest BCUT2D eigenvalue weighted by Crippen LogP contribution is 2.15. The van der Waals surface area contributed by atoms with E-state index < -0.39 is 23.0 Å². The first-order valence-corrected chi connectivity index (χ1v) is 8.92. The molecule has 144 valence electrons. The van der Waals surface area contributed by atoms with E-state index in [9.17, 15) is 18.8 Å². The number of carbonyl (C=O) groups excluding carboxylic acids is 1. The molecule has 0 aliphatic carbocycles. The first-order valence-electron chi connectivity index (χ1n) is 8.92. The van der Waals surface area contributed by atoms with Gasteiger partial charge in [-0.1, -0.05) is 18.2 Å². The van der Waals surface area contributed by atoms with Crippen molar-refractivity contribution in [3.05, 3.63) is 80.2 Å². The fraction of sp³-hybridized carbons (Fsp3) is 0.250. The summed E-state index contributed by atoms with van der Waals surface area (Å²) in [5, 5.41) is 0.383. The van der Waals surface area contributed by atoms with Gasteiger partial charge in [0, 0.05) is 13.1 Å². The van der Waals surface area contributed by atoms with Crippen molar-refractivity contribution in [2.75, 3.05) is 26.3 Å². The predicted molar refractivity (Wildman–Crippen MR) is 101 cm³/mol. The van der Waals surface area contributed by atoms with Gasteiger partial charge < -0.3 is 14.6 Å². The third-order valence-corrected chi connectivity index (χ3v) is 4.79. The van der Waals surface area contributed by atoms with Gasteiger partial charge in [-0.25, -0.2) is 9.18 Å². The van der Waals surface area contributed by atoms with Crippen LogP contribution in [0.4, 0.5) is 4.39 Å². The second kappa shape index (κ2) is 7.40. The van der Waals surface area contributed by atoms with Gasteiger partial charge in [0.25, 0.3) is 11.5 Å². The largest absolute Gasteiger partial charge is 0.378 e. The lowest BCUT2D eigenvalue weighted by atomic mass is 10.1. The Bertz CT molecular complexity index is 1160. The Morgan fingerprint density at radius 3 is 2.64 bits per heavy atom. The molecule has 0 bridgehead atoms. The van der Waals surface area contributed by atoms with Crippen LogP contribution in [0.1, 0.15) is 15.9 Å². The van der Waals surface area contributed by atoms with Crippen LogP contribution in [0.2, 0.25) is 0 Å². The number of hydrogen-bond donors (Lipinski definition) is 1. The van der Waals surface area contributed by atoms with Crippen LogP contribution in [0, 0.1) is 5.82 Å². The molecule has 0 saturated carbocycles. The SMILES string of the molecule is O=C(c1cc(Cn2c(=O)[nH]c3ccccc3c2=O)ccc1F)N1CCOCC1. The highest BCUT2D eigenvalue weighted by atomic mass is 19.1. The monoisotopic (exact) mass is 383 g/mol. The van der Waals surface area contributed by atoms with Crippen LogP contribution >= 0.6 is 0 Å². The zero-order valence-corrected chi connectivity index (χ0v) is 15.0. The lowest BCUT2D eigenvalue weighted by Gasteiger charge is -2.27. The van der Waals surface area contributed by atoms with Crippen molar-refractivity contribution in [2.24, 2.45) is 0 Å². The van der Waals surface area contributed by atoms with Crippen molar-refractivity contribution in [3.8, 4) is 0 Å². The number of hydrogen-bond acceptors (Lipinski definition) is 4. The summed E-state index contributed by atoms with van der Waals surface area (Å²) in [7, 11) is 0. The lowest BCUT2D eigenvalue weighted by molar-refractivity contribution is 0.0300. The molecule has 1 amide bonds. The first-order chi connectivity index (χ1) is 13.5. The molecule has 1 aliphatic heterocycles. The number of nitrogens with zero attached hydrogens (tertiary/aromatic N) is 2. The van der Waals surface area contributed by atoms with Gasteiger partial charge in [0.05, 0.1) is 36.2 Å². The molecule has 0 atom stereocenters. The van der Waals surface area contributed by atoms with Crippen LogP contribution in [-0.4, -0.2) is 46.7 Å². The Morgan fingerprint density at radius 2 is 1.86 bits per heavy atom. The van der Waals surface area contributed by atoms with E-state index in [2.05, 4.69) is 4.98 Å². The van der Waals surface area contributed by atoms with Crippen molar-refractivity contribution in [2.45, 2.75) is 6.54 Å². The molecule has 3 aromatic rings. The first kappa shape index (κ1) is 18.1. The third kappa shape index (κ3) is 3.34. The fourth-order valence-electron chi connectivity index (χ4n) is 3.30. The van der Waals surface area contributed by atoms with Crippen molar-refractivity contribution in [1.29, 1.82) is 0 Å². The Morgan fingerprint density at radius 1 is 1.11 bits per heavy atom. The molecular weight excluding hydrogens is 365 g/mol. The number of nitrogens with one attached hydrogen (secondary N) is 1. The van der Waals surface area contributed by atoms with Gasteiger partial charge in [-0.15, -0.1) is 0 Å². The van der Waals surface area contributed by atoms with Gasteiger partial charge in [-0.05, 0) is 29.8 Å². The topological polar surface area (TPSA) is 84.4 Å². The summed E-state index contributed by atoms with van der Waals surface area (Å²) in [5.74, 6) is -1.07. The predicted octanol–water partition coefficient (Wildman–Crippen LogP) is 1.35. The van der Waals surface area contributed by atoms with Gasteiger partial charge in [0.1, 0.15) is 5.82 Å². The molecule has 1 fully saturated rings. The summed E-state index contributed by atoms with van der Waals surface area (Å²) >= 11 is 0. The van der Waals surface area contributed by atoms with Crippen molar-refractivity contribution >= 4 is 16.8 Å². The summed E-state index contributed by atoms with van der Waals surface area (Å²) < 4.78 is 20.5. The van der Waals surface area contributed by atoms with Crippen molar-refractivity contribution in [3.63, 3.8) is 0 Å². The van der Waals surface area contributed by atoms with Crippen LogP contribution in [0.15, 0.2) is 52.1 Å². The number of aromatic nitrogens is 2. The molecule has 1 aliphatic rings. The number of rotatable bonds is 3. The minimum absolute atomic E-state index is 0.0668. The second-order valence-corrected chi connectivity index (χ2v) is 6.59. The van der Waals surface area contributed by atoms with Crippen LogP contribution in [0.25, 0.3) is 10.9 Å². The van der Waals surface area contributed by atoms with Crippen LogP contribution in [0.5, 0.6) is 0 Å². The maximum atomic E-state index is 14.3. The molecule has 28 heavy (non-hydrogen) atoms. The van der Waals surface area contributed by atoms with Crippen molar-refractivity contribution in [1.82, 2.24) is 14.5 Å². The normalized spacial score (nSPS) is 14.4. The highest BCUT2D eigenvalue weighted by Gasteiger charge is 2.22. The van der Waals surface area contributed by atoms with Crippen LogP contribution in [0.3, 0.4) is 0 Å². The van der Waals surface area contributed by atoms with Gasteiger partial charge >= 0.3 is 5.69 Å². The number of morpholine rings is 1. The summed E-state index contributed by atoms with van der Waals surface area (Å²) in [6, 6.07) is 10.8. The number of aromatic amines is 1. The van der Waals surface area contributed by atoms with E-state index in [1.54, 1.807) is 24.3 Å². The number of ether oxygens (including phenoxy) is 1. The number of H-pyrrole nitrogens is 1. The minimum atomic E-state index is -0.639. The molecule has 1 N–H and O–H groups in total. The Labute approximate surface area is 159 Å². The number of fused-ring (bicyclic) bond motifs is 1. The van der Waals surface area contributed by atoms with E-state index in [1.165, 1.54) is 23.1 Å². The summed E-state index contributed by atoms with van der Waals surface area (Å²) in [6.07, 6.45) is 0. The van der Waals surface area contributed by atoms with Gasteiger partial charge in [-0.3, -0.25) is 14.2 Å². The van der Waals surface area contributed by atoms with Gasteiger partial charge in [-0.2, -0.15) is 0 Å². The zero-order valence-electron chi connectivity index (χ0n) is 15.0. The lowest BCUT2D eigenvalue weighted by Crippen LogP contribution is -2.41. The van der Waals surface area contributed by atoms with E-state index in [4.69, 9.17) is 4.74 Å². The number of amides is 1. The molecule has 1 aromatic heterocycles. The Hall–Kier alpha value is -3.26. The zero-order chi connectivity index (χ0) is 19.7. The van der Waals surface area contributed by atoms with E-state index in [-0.39, 0.29) is 12.1 Å². The maximum Gasteiger partial charge on any atom is 0.329 e. The standard InChI is InChI=1S/C20H18FN3O4/c21-16-6-5-13(11-15(16)18(25)23-7-9-28-10-8-23)12-24-19(26)14-3-1-2-4-17(14)22-20(24)27/h1-6,11H,7-10,12H2,(H,22,27). The Kier molecular flexibility index (Phi) is 4.79. The van der Waals surface area contributed by atoms with E-state index >= 15 is 0 Å². The molecule has 1 saturated heterocycles. The molecule has 4 rings (SSSR count). The third-order valence-electron chi connectivity index (χ3n) is 4.79. The number of halogens is 1. The second-order valence-electron chi connectivity index (χ2n) is 6.59. The molecule has 0 unspecified atom stereocenters. The molecule has 7 nitrogen and oxygen atoms in total. The van der Waals surface area contributed by atoms with E-state index in [0.29, 0.717) is 42.8 Å². The molecule has 0 radical (unpaired) electrons. The van der Waals surface area contributed by atoms with E-state index in [0.717, 1.165) is 4.57 Å². The van der Waals surface area contributed by atoms with Gasteiger partial charge in [0.15, 0.2) is 0 Å². The smallest absolute Gasteiger partial charge is 0.329 e. The summed E-state index contributed by atoms with van der Waals surface area (Å²) in [4.78, 5) is 41.8. The minimum Gasteiger partial charge on any atom is -0.378 e. The number of para-hydroxylation sites is 1. The molecule has 8 heteroatoms. The molecule has 2 aromatic carbocycles. The van der Waals surface area contributed by atoms with Crippen LogP contribution < -0.4 is 11.2 Å². The fourth-order valence-corrected chi connectivity index (χ4v) is 3.30. The maximum absolute atomic E-state index is 14.3. The number of carbonyl (C=O) groups is 1. The van der Waals surface area contributed by atoms with E-state index in [1.807, 2.05) is 0 Å². The molecule has 0 spiro atoms. The Balaban J connectivity index is 1.70. The highest BCUT2D eigenvalue weighted by molar-refractivity contribution is 5.94. The van der Waals surface area contributed by atoms with Crippen LogP contribution in [-0.2, 0) is 11.3 Å². The van der Waals surface area contributed by atoms with Gasteiger partial charge in [0.2, 0.25) is 0 Å². The summed E-state index contributed by atoms with van der Waals surface area (Å²) in [6.45, 7) is 1.55. The molecular formula is C20H18FN3O4. The average molecular weight is 383 g/mol. The quantitative estimate of drug-likeness (QED) is 0.740. The number of benzene rings is 2.